The molecule has 3 aliphatic rings. The van der Waals surface area contributed by atoms with E-state index in [0.29, 0.717) is 34.9 Å². The number of rotatable bonds is 9. The van der Waals surface area contributed by atoms with Gasteiger partial charge in [0.2, 0.25) is 18.3 Å². The summed E-state index contributed by atoms with van der Waals surface area (Å²) in [6, 6.07) is 7.98. The van der Waals surface area contributed by atoms with E-state index in [0.717, 1.165) is 0 Å². The Morgan fingerprint density at radius 3 is 2.50 bits per heavy atom. The fourth-order valence-electron chi connectivity index (χ4n) is 4.98. The van der Waals surface area contributed by atoms with Gasteiger partial charge >= 0.3 is 5.97 Å². The number of benzene rings is 2. The fourth-order valence-corrected chi connectivity index (χ4v) is 4.98. The van der Waals surface area contributed by atoms with E-state index in [-0.39, 0.29) is 18.2 Å². The van der Waals surface area contributed by atoms with Gasteiger partial charge in [0.15, 0.2) is 17.6 Å². The maximum atomic E-state index is 11.4. The minimum atomic E-state index is -1.85. The second-order valence-electron chi connectivity index (χ2n) is 9.73. The summed E-state index contributed by atoms with van der Waals surface area (Å²) in [6.45, 7) is 2.11. The van der Waals surface area contributed by atoms with Gasteiger partial charge in [0.05, 0.1) is 19.1 Å². The Morgan fingerprint density at radius 1 is 1.05 bits per heavy atom. The molecule has 2 aromatic rings. The van der Waals surface area contributed by atoms with Gasteiger partial charge in [0, 0.05) is 23.7 Å². The SMILES string of the molecule is COc1c(OCNCC(C)O)ccc2c1OC1c3ccc(OC4OC(C(=O)O)C(O)C(O)C4O)cc3OC(O)C21. The lowest BCUT2D eigenvalue weighted by Gasteiger charge is -2.38. The number of carboxylic acid groups (broad SMARTS) is 1. The molecule has 3 aliphatic heterocycles. The molecule has 0 amide bonds. The second-order valence-corrected chi connectivity index (χ2v) is 9.73. The van der Waals surface area contributed by atoms with Crippen LogP contribution in [0, 0.1) is 0 Å². The minimum Gasteiger partial charge on any atom is -0.490 e. The quantitative estimate of drug-likeness (QED) is 0.147. The molecule has 14 heteroatoms. The maximum Gasteiger partial charge on any atom is 0.335 e. The highest BCUT2D eigenvalue weighted by atomic mass is 16.7. The van der Waals surface area contributed by atoms with Crippen LogP contribution in [0.5, 0.6) is 28.7 Å². The largest absolute Gasteiger partial charge is 0.490 e. The van der Waals surface area contributed by atoms with E-state index in [1.807, 2.05) is 0 Å². The molecule has 9 atom stereocenters. The van der Waals surface area contributed by atoms with E-state index in [9.17, 15) is 35.4 Å². The summed E-state index contributed by atoms with van der Waals surface area (Å²) in [6.07, 6.45) is -11.3. The Kier molecular flexibility index (Phi) is 7.92. The lowest BCUT2D eigenvalue weighted by atomic mass is 9.88. The van der Waals surface area contributed by atoms with Crippen molar-refractivity contribution in [3.05, 3.63) is 41.5 Å². The number of carboxylic acids is 1. The number of aliphatic carboxylic acids is 1. The zero-order valence-corrected chi connectivity index (χ0v) is 21.5. The van der Waals surface area contributed by atoms with Crippen LogP contribution in [0.4, 0.5) is 0 Å². The van der Waals surface area contributed by atoms with Gasteiger partial charge < -0.3 is 59.1 Å². The molecule has 5 rings (SSSR count). The van der Waals surface area contributed by atoms with Gasteiger partial charge in [-0.3, -0.25) is 5.32 Å². The number of hydrogen-bond acceptors (Lipinski definition) is 13. The van der Waals surface area contributed by atoms with Crippen LogP contribution in [0.15, 0.2) is 30.3 Å². The number of aliphatic hydroxyl groups excluding tert-OH is 5. The summed E-state index contributed by atoms with van der Waals surface area (Å²) in [5.41, 5.74) is 1.22. The average molecular weight is 566 g/mol. The van der Waals surface area contributed by atoms with Crippen molar-refractivity contribution in [3.8, 4) is 28.7 Å². The van der Waals surface area contributed by atoms with Crippen molar-refractivity contribution in [3.63, 3.8) is 0 Å². The van der Waals surface area contributed by atoms with Gasteiger partial charge in [-0.2, -0.15) is 0 Å². The number of ether oxygens (including phenoxy) is 6. The van der Waals surface area contributed by atoms with Gasteiger partial charge in [0.25, 0.3) is 0 Å². The molecule has 1 saturated heterocycles. The number of carbonyl (C=O) groups is 1. The van der Waals surface area contributed by atoms with Gasteiger partial charge in [-0.25, -0.2) is 4.79 Å². The van der Waals surface area contributed by atoms with E-state index < -0.39 is 61.1 Å². The number of nitrogens with one attached hydrogen (secondary N) is 1. The van der Waals surface area contributed by atoms with Gasteiger partial charge in [-0.05, 0) is 25.1 Å². The minimum absolute atomic E-state index is 0.0784. The Morgan fingerprint density at radius 2 is 1.80 bits per heavy atom. The van der Waals surface area contributed by atoms with Crippen molar-refractivity contribution in [2.24, 2.45) is 0 Å². The highest BCUT2D eigenvalue weighted by molar-refractivity contribution is 5.73. The fraction of sp³-hybridized carbons (Fsp3) is 0.500. The molecule has 3 heterocycles. The molecule has 1 fully saturated rings. The third-order valence-electron chi connectivity index (χ3n) is 6.92. The molecule has 9 unspecified atom stereocenters. The lowest BCUT2D eigenvalue weighted by molar-refractivity contribution is -0.271. The van der Waals surface area contributed by atoms with Crippen molar-refractivity contribution in [2.75, 3.05) is 20.4 Å². The Hall–Kier alpha value is -3.37. The molecule has 2 aromatic carbocycles. The zero-order valence-electron chi connectivity index (χ0n) is 21.5. The molecule has 0 radical (unpaired) electrons. The predicted octanol–water partition coefficient (Wildman–Crippen LogP) is -0.799. The normalized spacial score (nSPS) is 31.1. The van der Waals surface area contributed by atoms with E-state index in [1.165, 1.54) is 19.2 Å². The first-order valence-electron chi connectivity index (χ1n) is 12.6. The highest BCUT2D eigenvalue weighted by Gasteiger charge is 2.49. The van der Waals surface area contributed by atoms with Gasteiger partial charge in [-0.1, -0.05) is 6.07 Å². The highest BCUT2D eigenvalue weighted by Crippen LogP contribution is 2.57. The summed E-state index contributed by atoms with van der Waals surface area (Å²) in [4.78, 5) is 11.4. The number of methoxy groups -OCH3 is 1. The average Bonchev–Trinajstić information content (AvgIpc) is 3.31. The van der Waals surface area contributed by atoms with Crippen LogP contribution in [0.1, 0.15) is 30.1 Å². The smallest absolute Gasteiger partial charge is 0.335 e. The molecule has 7 N–H and O–H groups in total. The second kappa shape index (κ2) is 11.2. The summed E-state index contributed by atoms with van der Waals surface area (Å²) < 4.78 is 34.1. The van der Waals surface area contributed by atoms with E-state index in [2.05, 4.69) is 5.32 Å². The first kappa shape index (κ1) is 28.2. The molecule has 0 saturated carbocycles. The van der Waals surface area contributed by atoms with Gasteiger partial charge in [-0.15, -0.1) is 0 Å². The zero-order chi connectivity index (χ0) is 28.7. The van der Waals surface area contributed by atoms with Crippen molar-refractivity contribution in [1.82, 2.24) is 5.32 Å². The summed E-state index contributed by atoms with van der Waals surface area (Å²) >= 11 is 0. The third-order valence-corrected chi connectivity index (χ3v) is 6.92. The standard InChI is InChI=1S/C26H31NO13/c1-10(28)8-27-9-36-14-6-5-13-16-20(39-21(13)22(14)35-2)12-4-3-11(7-15(12)38-25(16)34)37-26-19(31)17(29)18(30)23(40-26)24(32)33/h3-7,10,16-20,23,25-31,34H,8-9H2,1-2H3,(H,32,33). The summed E-state index contributed by atoms with van der Waals surface area (Å²) in [5.74, 6) is -0.735. The molecule has 40 heavy (non-hydrogen) atoms. The molecule has 218 valence electrons. The lowest BCUT2D eigenvalue weighted by Crippen LogP contribution is -2.61. The van der Waals surface area contributed by atoms with Crippen LogP contribution in [-0.2, 0) is 9.53 Å². The number of fused-ring (bicyclic) bond motifs is 5. The molecular weight excluding hydrogens is 534 g/mol. The molecule has 0 spiro atoms. The molecular formula is C26H31NO13. The van der Waals surface area contributed by atoms with Crippen molar-refractivity contribution >= 4 is 5.97 Å². The first-order valence-corrected chi connectivity index (χ1v) is 12.6. The van der Waals surface area contributed by atoms with Gasteiger partial charge in [0.1, 0.15) is 42.6 Å². The molecule has 0 bridgehead atoms. The maximum absolute atomic E-state index is 11.4. The third kappa shape index (κ3) is 5.10. The Bertz CT molecular complexity index is 1240. The van der Waals surface area contributed by atoms with Crippen molar-refractivity contribution in [1.29, 1.82) is 0 Å². The number of aliphatic hydroxyl groups is 5. The van der Waals surface area contributed by atoms with E-state index in [4.69, 9.17) is 28.4 Å². The predicted molar refractivity (Wildman–Crippen MR) is 132 cm³/mol. The van der Waals surface area contributed by atoms with E-state index in [1.54, 1.807) is 25.1 Å². The van der Waals surface area contributed by atoms with Crippen LogP contribution in [0.25, 0.3) is 0 Å². The van der Waals surface area contributed by atoms with Crippen LogP contribution in [0.2, 0.25) is 0 Å². The molecule has 0 aromatic heterocycles. The van der Waals surface area contributed by atoms with Crippen LogP contribution >= 0.6 is 0 Å². The molecule has 0 aliphatic carbocycles. The summed E-state index contributed by atoms with van der Waals surface area (Å²) in [5, 5.41) is 62.7. The Balaban J connectivity index is 1.36. The monoisotopic (exact) mass is 565 g/mol. The van der Waals surface area contributed by atoms with Crippen LogP contribution in [0.3, 0.4) is 0 Å². The van der Waals surface area contributed by atoms with Crippen LogP contribution < -0.4 is 29.0 Å². The van der Waals surface area contributed by atoms with Crippen molar-refractivity contribution < 1.29 is 63.9 Å². The molecule has 14 nitrogen and oxygen atoms in total. The summed E-state index contributed by atoms with van der Waals surface area (Å²) in [7, 11) is 1.47. The number of hydrogen-bond donors (Lipinski definition) is 7. The van der Waals surface area contributed by atoms with E-state index >= 15 is 0 Å². The van der Waals surface area contributed by atoms with Crippen LogP contribution in [-0.4, -0.2) is 100 Å². The van der Waals surface area contributed by atoms with Crippen molar-refractivity contribution in [2.45, 2.75) is 62.0 Å². The first-order chi connectivity index (χ1) is 19.1. The Labute approximate surface area is 228 Å². The topological polar surface area (TPSA) is 206 Å².